The van der Waals surface area contributed by atoms with Gasteiger partial charge >= 0.3 is 27.6 Å². The summed E-state index contributed by atoms with van der Waals surface area (Å²) in [4.78, 5) is 73.1. The molecule has 648 valence electrons. The molecule has 0 heterocycles. The minimum Gasteiger partial charge on any atom is -0.462 e. The van der Waals surface area contributed by atoms with Crippen molar-refractivity contribution in [2.24, 2.45) is 0 Å². The summed E-state index contributed by atoms with van der Waals surface area (Å²) in [6, 6.07) is -1.43. The second kappa shape index (κ2) is 79.7. The monoisotopic (exact) mass is 1600 g/mol. The first-order valence-corrected chi connectivity index (χ1v) is 48.1. The number of carbonyl (C=O) groups is 4. The number of ether oxygens (including phenoxy) is 4. The lowest BCUT2D eigenvalue weighted by Crippen LogP contribution is -2.44. The van der Waals surface area contributed by atoms with Crippen molar-refractivity contribution >= 4 is 39.4 Å². The summed E-state index contributed by atoms with van der Waals surface area (Å²) in [5, 5.41) is 33.4. The Kier molecular flexibility index (Phi) is 78.1. The van der Waals surface area contributed by atoms with Gasteiger partial charge in [0.15, 0.2) is 0 Å². The second-order valence-corrected chi connectivity index (χ2v) is 33.9. The lowest BCUT2D eigenvalue weighted by molar-refractivity contribution is -0.151. The number of unbranched alkanes of at least 4 members (excludes halogenated alkanes) is 44. The van der Waals surface area contributed by atoms with Crippen molar-refractivity contribution in [2.45, 2.75) is 457 Å². The van der Waals surface area contributed by atoms with Crippen LogP contribution in [0.25, 0.3) is 0 Å². The maximum atomic E-state index is 13.2. The molecule has 0 aliphatic heterocycles. The number of esters is 2. The third-order valence-corrected chi connectivity index (χ3v) is 22.2. The van der Waals surface area contributed by atoms with Crippen LogP contribution in [0.1, 0.15) is 420 Å². The molecule has 6 unspecified atom stereocenters. The van der Waals surface area contributed by atoms with Crippen LogP contribution in [0.2, 0.25) is 0 Å². The van der Waals surface area contributed by atoms with Crippen LogP contribution in [0.4, 0.5) is 0 Å². The molecule has 0 rings (SSSR count). The topological polar surface area (TPSA) is 305 Å². The van der Waals surface area contributed by atoms with E-state index in [1.807, 2.05) is 0 Å². The van der Waals surface area contributed by atoms with Gasteiger partial charge in [0.05, 0.1) is 64.9 Å². The quantitative estimate of drug-likeness (QED) is 0.00922. The molecular weight excluding hydrogens is 1430 g/mol. The fourth-order valence-electron chi connectivity index (χ4n) is 13.4. The van der Waals surface area contributed by atoms with E-state index in [2.05, 4.69) is 62.8 Å². The third kappa shape index (κ3) is 76.9. The maximum absolute atomic E-state index is 13.2. The van der Waals surface area contributed by atoms with Crippen molar-refractivity contribution in [3.63, 3.8) is 0 Å². The first-order valence-electron chi connectivity index (χ1n) is 45.1. The summed E-state index contributed by atoms with van der Waals surface area (Å²) < 4.78 is 71.8. The minimum atomic E-state index is -4.70. The summed E-state index contributed by atoms with van der Waals surface area (Å²) in [5.41, 5.74) is 0. The number of rotatable bonds is 88. The smallest absolute Gasteiger partial charge is 0.462 e. The number of amides is 2. The van der Waals surface area contributed by atoms with Gasteiger partial charge in [0, 0.05) is 38.8 Å². The molecule has 0 fully saturated rings. The number of phosphoric ester groups is 2. The van der Waals surface area contributed by atoms with Crippen molar-refractivity contribution in [3.8, 4) is 0 Å². The third-order valence-electron chi connectivity index (χ3n) is 20.2. The van der Waals surface area contributed by atoms with Crippen molar-refractivity contribution in [1.29, 1.82) is 0 Å². The predicted octanol–water partition coefficient (Wildman–Crippen LogP) is 21.0. The molecule has 0 aliphatic rings. The SMILES string of the molecule is CCCCCCCCCCCCCC(O)N[C@H](COCCC(CCCCCCC)OC(=O)CCCCCCCCCCC)COP(=O)(O)OCCNC(=O)CC(=O)NCCOP(=O)(O)OC[C@@H](COCCC(CCCCCCC)OC(=O)CCCCCCCCCCC)NC(O)CCCCCCCCCCCCC. The van der Waals surface area contributed by atoms with Crippen molar-refractivity contribution in [2.75, 3.05) is 65.9 Å². The largest absolute Gasteiger partial charge is 0.472 e. The van der Waals surface area contributed by atoms with E-state index < -0.39 is 71.6 Å². The molecule has 0 radical (unpaired) electrons. The van der Waals surface area contributed by atoms with Crippen molar-refractivity contribution in [1.82, 2.24) is 21.3 Å². The Morgan fingerprint density at radius 3 is 0.826 bits per heavy atom. The van der Waals surface area contributed by atoms with Gasteiger partial charge in [-0.3, -0.25) is 47.9 Å². The Balaban J connectivity index is 5.51. The van der Waals surface area contributed by atoms with Crippen LogP contribution in [0.3, 0.4) is 0 Å². The highest BCUT2D eigenvalue weighted by molar-refractivity contribution is 7.47. The zero-order valence-electron chi connectivity index (χ0n) is 70.7. The number of nitrogens with one attached hydrogen (secondary N) is 4. The highest BCUT2D eigenvalue weighted by atomic mass is 31.2. The Morgan fingerprint density at radius 1 is 0.303 bits per heavy atom. The summed E-state index contributed by atoms with van der Waals surface area (Å²) >= 11 is 0. The first-order chi connectivity index (χ1) is 52.9. The molecule has 0 bridgehead atoms. The van der Waals surface area contributed by atoms with E-state index in [9.17, 15) is 48.3 Å². The normalized spacial score (nSPS) is 14.6. The van der Waals surface area contributed by atoms with Gasteiger partial charge in [-0.1, -0.05) is 324 Å². The van der Waals surface area contributed by atoms with Gasteiger partial charge in [-0.05, 0) is 64.2 Å². The van der Waals surface area contributed by atoms with Crippen LogP contribution in [0.15, 0.2) is 0 Å². The molecule has 24 heteroatoms. The molecule has 109 heavy (non-hydrogen) atoms. The van der Waals surface area contributed by atoms with Crippen LogP contribution >= 0.6 is 15.6 Å². The molecule has 0 spiro atoms. The van der Waals surface area contributed by atoms with Crippen LogP contribution in [0, 0.1) is 0 Å². The number of phosphoric acid groups is 2. The van der Waals surface area contributed by atoms with Crippen LogP contribution in [0.5, 0.6) is 0 Å². The van der Waals surface area contributed by atoms with E-state index >= 15 is 0 Å². The average molecular weight is 1600 g/mol. The molecule has 22 nitrogen and oxygen atoms in total. The highest BCUT2D eigenvalue weighted by Crippen LogP contribution is 2.44. The Labute approximate surface area is 665 Å². The molecule has 8 N–H and O–H groups in total. The van der Waals surface area contributed by atoms with Crippen LogP contribution < -0.4 is 21.3 Å². The van der Waals surface area contributed by atoms with Crippen LogP contribution in [-0.4, -0.2) is 146 Å². The van der Waals surface area contributed by atoms with Gasteiger partial charge in [-0.15, -0.1) is 0 Å². The molecule has 2 amide bonds. The van der Waals surface area contributed by atoms with Gasteiger partial charge in [-0.2, -0.15) is 0 Å². The van der Waals surface area contributed by atoms with E-state index in [1.54, 1.807) is 0 Å². The summed E-state index contributed by atoms with van der Waals surface area (Å²) in [6.45, 7) is 11.7. The van der Waals surface area contributed by atoms with Gasteiger partial charge in [-0.25, -0.2) is 9.13 Å². The molecule has 0 saturated carbocycles. The van der Waals surface area contributed by atoms with E-state index in [0.29, 0.717) is 38.5 Å². The highest BCUT2D eigenvalue weighted by Gasteiger charge is 2.28. The molecule has 0 aromatic carbocycles. The van der Waals surface area contributed by atoms with Gasteiger partial charge in [0.2, 0.25) is 11.8 Å². The lowest BCUT2D eigenvalue weighted by atomic mass is 10.0. The number of carbonyl (C=O) groups excluding carboxylic acids is 4. The molecule has 0 aromatic heterocycles. The van der Waals surface area contributed by atoms with E-state index in [1.165, 1.54) is 167 Å². The standard InChI is InChI=1S/C85H170N4O18P2/c1-7-13-19-25-29-33-35-39-41-47-53-59-80(90)88-76(72-100-67-63-78(57-51-45-23-17-11-5)106-84(94)61-55-49-43-37-31-27-21-15-9-3)74-104-108(96,97)102-69-65-86-82(92)71-83(93)87-66-70-103-109(98,99)105-75-77(89-81(91)60-54-48-42-40-36-34-30-26-20-14-8-2)73-101-68-64-79(58-52-46-24-18-12-6)107-85(95)62-56-50-44-38-32-28-22-16-10-4/h76-81,88-91H,7-75H2,1-6H3,(H,86,92)(H,87,93)(H,96,97)(H,98,99)/t76-,77-,78?,79?,80?,81?/m1/s1. The minimum absolute atomic E-state index is 0.0186. The number of hydrogen-bond acceptors (Lipinski definition) is 18. The number of aliphatic hydroxyl groups is 2. The fourth-order valence-corrected chi connectivity index (χ4v) is 15.0. The van der Waals surface area contributed by atoms with E-state index in [0.717, 1.165) is 167 Å². The Bertz CT molecular complexity index is 1990. The average Bonchev–Trinajstić information content (AvgIpc) is 0.927. The summed E-state index contributed by atoms with van der Waals surface area (Å²) in [5.74, 6) is -1.82. The van der Waals surface area contributed by atoms with Gasteiger partial charge < -0.3 is 49.6 Å². The first kappa shape index (κ1) is 107. The maximum Gasteiger partial charge on any atom is 0.472 e. The number of aliphatic hydroxyl groups excluding tert-OH is 2. The molecular formula is C85H170N4O18P2. The molecule has 0 aliphatic carbocycles. The molecule has 0 aromatic rings. The summed E-state index contributed by atoms with van der Waals surface area (Å²) in [7, 11) is -9.39. The van der Waals surface area contributed by atoms with Crippen molar-refractivity contribution < 1.29 is 85.4 Å². The van der Waals surface area contributed by atoms with Gasteiger partial charge in [0.1, 0.15) is 31.1 Å². The van der Waals surface area contributed by atoms with E-state index in [4.69, 9.17) is 37.0 Å². The summed E-state index contributed by atoms with van der Waals surface area (Å²) in [6.07, 6.45) is 58.5. The molecule has 8 atom stereocenters. The zero-order valence-corrected chi connectivity index (χ0v) is 72.4. The lowest BCUT2D eigenvalue weighted by Gasteiger charge is -2.24. The van der Waals surface area contributed by atoms with Crippen LogP contribution in [-0.2, 0) is 65.4 Å². The van der Waals surface area contributed by atoms with E-state index in [-0.39, 0.29) is 76.9 Å². The molecule has 0 saturated heterocycles. The number of hydrogen-bond donors (Lipinski definition) is 8. The zero-order chi connectivity index (χ0) is 80.0. The Morgan fingerprint density at radius 2 is 0.550 bits per heavy atom. The fraction of sp³-hybridized carbons (Fsp3) is 0.953. The van der Waals surface area contributed by atoms with Gasteiger partial charge in [0.25, 0.3) is 0 Å². The Hall–Kier alpha value is -2.14. The second-order valence-electron chi connectivity index (χ2n) is 31.0. The predicted molar refractivity (Wildman–Crippen MR) is 443 cm³/mol. The van der Waals surface area contributed by atoms with Crippen molar-refractivity contribution in [3.05, 3.63) is 0 Å².